The predicted molar refractivity (Wildman–Crippen MR) is 128 cm³/mol. The first kappa shape index (κ1) is 20.2. The second-order valence-corrected chi connectivity index (χ2v) is 6.83. The van der Waals surface area contributed by atoms with Gasteiger partial charge in [0, 0.05) is 17.1 Å². The molecule has 0 saturated carbocycles. The average molecular weight is 378 g/mol. The van der Waals surface area contributed by atoms with Gasteiger partial charge in [0.1, 0.15) is 0 Å². The van der Waals surface area contributed by atoms with Crippen LogP contribution in [0.5, 0.6) is 0 Å². The molecule has 1 heteroatoms. The van der Waals surface area contributed by atoms with Crippen LogP contribution in [0.3, 0.4) is 0 Å². The van der Waals surface area contributed by atoms with Crippen molar-refractivity contribution < 1.29 is 0 Å². The van der Waals surface area contributed by atoms with E-state index in [2.05, 4.69) is 109 Å². The summed E-state index contributed by atoms with van der Waals surface area (Å²) in [6.07, 6.45) is 12.1. The number of nitrogens with zero attached hydrogens (tertiary/aromatic N) is 1. The molecule has 0 aromatic heterocycles. The lowest BCUT2D eigenvalue weighted by molar-refractivity contribution is 1.27. The monoisotopic (exact) mass is 377 g/mol. The Bertz CT molecular complexity index is 1000. The summed E-state index contributed by atoms with van der Waals surface area (Å²) >= 11 is 0. The van der Waals surface area contributed by atoms with Gasteiger partial charge in [-0.1, -0.05) is 91.1 Å². The SMILES string of the molecule is C=C/C=C(\C=C/C)/C=C/c1ccc(N(c2ccccc2)c2ccc(C)cc2)cc1. The van der Waals surface area contributed by atoms with Crippen LogP contribution in [0, 0.1) is 6.92 Å². The molecule has 3 aromatic rings. The Morgan fingerprint density at radius 2 is 1.34 bits per heavy atom. The van der Waals surface area contributed by atoms with Crippen molar-refractivity contribution in [2.45, 2.75) is 13.8 Å². The van der Waals surface area contributed by atoms with Gasteiger partial charge in [-0.05, 0) is 61.4 Å². The highest BCUT2D eigenvalue weighted by Gasteiger charge is 2.11. The second kappa shape index (κ2) is 10.1. The zero-order valence-corrected chi connectivity index (χ0v) is 17.1. The van der Waals surface area contributed by atoms with Crippen molar-refractivity contribution in [1.29, 1.82) is 0 Å². The van der Waals surface area contributed by atoms with Crippen LogP contribution in [-0.2, 0) is 0 Å². The van der Waals surface area contributed by atoms with E-state index in [9.17, 15) is 0 Å². The van der Waals surface area contributed by atoms with E-state index in [1.165, 1.54) is 5.56 Å². The summed E-state index contributed by atoms with van der Waals surface area (Å²) in [5.41, 5.74) is 6.96. The summed E-state index contributed by atoms with van der Waals surface area (Å²) in [5, 5.41) is 0. The normalized spacial score (nSPS) is 11.9. The molecule has 0 amide bonds. The van der Waals surface area contributed by atoms with Crippen molar-refractivity contribution in [3.63, 3.8) is 0 Å². The fourth-order valence-corrected chi connectivity index (χ4v) is 3.14. The molecular formula is C28H27N. The number of anilines is 3. The van der Waals surface area contributed by atoms with Gasteiger partial charge in [-0.25, -0.2) is 0 Å². The molecule has 144 valence electrons. The molecule has 0 heterocycles. The Labute approximate surface area is 174 Å². The first-order chi connectivity index (χ1) is 14.2. The van der Waals surface area contributed by atoms with Crippen LogP contribution in [0.4, 0.5) is 17.1 Å². The van der Waals surface area contributed by atoms with E-state index in [0.29, 0.717) is 0 Å². The smallest absolute Gasteiger partial charge is 0.0462 e. The van der Waals surface area contributed by atoms with Gasteiger partial charge >= 0.3 is 0 Å². The van der Waals surface area contributed by atoms with Crippen LogP contribution in [0.2, 0.25) is 0 Å². The minimum absolute atomic E-state index is 1.12. The molecule has 0 saturated heterocycles. The lowest BCUT2D eigenvalue weighted by Crippen LogP contribution is -2.09. The maximum Gasteiger partial charge on any atom is 0.0462 e. The summed E-state index contributed by atoms with van der Waals surface area (Å²) in [6, 6.07) is 27.7. The quantitative estimate of drug-likeness (QED) is 0.375. The molecule has 3 aromatic carbocycles. The zero-order valence-electron chi connectivity index (χ0n) is 17.1. The maximum absolute atomic E-state index is 3.78. The summed E-state index contributed by atoms with van der Waals surface area (Å²) in [5.74, 6) is 0. The number of hydrogen-bond acceptors (Lipinski definition) is 1. The molecule has 29 heavy (non-hydrogen) atoms. The Hall–Kier alpha value is -3.58. The van der Waals surface area contributed by atoms with Crippen LogP contribution >= 0.6 is 0 Å². The molecule has 0 fully saturated rings. The Kier molecular flexibility index (Phi) is 7.02. The summed E-state index contributed by atoms with van der Waals surface area (Å²) in [7, 11) is 0. The van der Waals surface area contributed by atoms with Crippen molar-refractivity contribution in [2.75, 3.05) is 4.90 Å². The minimum atomic E-state index is 1.12. The first-order valence-electron chi connectivity index (χ1n) is 9.86. The average Bonchev–Trinajstić information content (AvgIpc) is 2.76. The number of allylic oxidation sites excluding steroid dienone is 6. The van der Waals surface area contributed by atoms with Crippen molar-refractivity contribution in [2.24, 2.45) is 0 Å². The number of hydrogen-bond donors (Lipinski definition) is 0. The summed E-state index contributed by atoms with van der Waals surface area (Å²) < 4.78 is 0. The van der Waals surface area contributed by atoms with Gasteiger partial charge in [-0.3, -0.25) is 0 Å². The fourth-order valence-electron chi connectivity index (χ4n) is 3.14. The number of benzene rings is 3. The molecule has 0 spiro atoms. The third-order valence-electron chi connectivity index (χ3n) is 4.60. The minimum Gasteiger partial charge on any atom is -0.311 e. The molecule has 0 aliphatic carbocycles. The van der Waals surface area contributed by atoms with Gasteiger partial charge in [0.2, 0.25) is 0 Å². The molecule has 0 atom stereocenters. The predicted octanol–water partition coefficient (Wildman–Crippen LogP) is 8.17. The van der Waals surface area contributed by atoms with Gasteiger partial charge in [-0.15, -0.1) is 0 Å². The van der Waals surface area contributed by atoms with E-state index in [1.807, 2.05) is 31.2 Å². The molecule has 0 N–H and O–H groups in total. The van der Waals surface area contributed by atoms with Crippen molar-refractivity contribution >= 4 is 23.1 Å². The third kappa shape index (κ3) is 5.46. The van der Waals surface area contributed by atoms with Gasteiger partial charge in [0.25, 0.3) is 0 Å². The molecular weight excluding hydrogens is 350 g/mol. The van der Waals surface area contributed by atoms with Crippen LogP contribution < -0.4 is 4.90 Å². The van der Waals surface area contributed by atoms with Crippen LogP contribution in [0.1, 0.15) is 18.1 Å². The van der Waals surface area contributed by atoms with Gasteiger partial charge < -0.3 is 4.90 Å². The van der Waals surface area contributed by atoms with Gasteiger partial charge in [-0.2, -0.15) is 0 Å². The Morgan fingerprint density at radius 3 is 1.93 bits per heavy atom. The molecule has 0 aliphatic rings. The topological polar surface area (TPSA) is 3.24 Å². The highest BCUT2D eigenvalue weighted by atomic mass is 15.1. The molecule has 3 rings (SSSR count). The van der Waals surface area contributed by atoms with E-state index in [1.54, 1.807) is 0 Å². The van der Waals surface area contributed by atoms with Crippen LogP contribution in [-0.4, -0.2) is 0 Å². The number of para-hydroxylation sites is 1. The lowest BCUT2D eigenvalue weighted by Gasteiger charge is -2.25. The number of aryl methyl sites for hydroxylation is 1. The van der Waals surface area contributed by atoms with Crippen molar-refractivity contribution in [3.8, 4) is 0 Å². The lowest BCUT2D eigenvalue weighted by atomic mass is 10.1. The van der Waals surface area contributed by atoms with E-state index >= 15 is 0 Å². The van der Waals surface area contributed by atoms with E-state index in [0.717, 1.165) is 28.2 Å². The largest absolute Gasteiger partial charge is 0.311 e. The summed E-state index contributed by atoms with van der Waals surface area (Å²) in [4.78, 5) is 2.27. The maximum atomic E-state index is 3.78. The number of rotatable bonds is 7. The molecule has 0 aliphatic heterocycles. The highest BCUT2D eigenvalue weighted by Crippen LogP contribution is 2.34. The standard InChI is InChI=1S/C28H27N/c1-4-9-24(10-5-2)15-16-25-17-21-28(22-18-25)29(26-11-7-6-8-12-26)27-19-13-23(3)14-20-27/h4-22H,1H2,2-3H3/b10-5-,16-15+,24-9+. The molecule has 1 nitrogen and oxygen atoms in total. The summed E-state index contributed by atoms with van der Waals surface area (Å²) in [6.45, 7) is 7.91. The molecule has 0 bridgehead atoms. The first-order valence-corrected chi connectivity index (χ1v) is 9.86. The fraction of sp³-hybridized carbons (Fsp3) is 0.0714. The van der Waals surface area contributed by atoms with Crippen LogP contribution in [0.25, 0.3) is 6.08 Å². The van der Waals surface area contributed by atoms with Crippen LogP contribution in [0.15, 0.2) is 121 Å². The molecule has 0 unspecified atom stereocenters. The van der Waals surface area contributed by atoms with E-state index < -0.39 is 0 Å². The van der Waals surface area contributed by atoms with E-state index in [-0.39, 0.29) is 0 Å². The second-order valence-electron chi connectivity index (χ2n) is 6.83. The van der Waals surface area contributed by atoms with Gasteiger partial charge in [0.15, 0.2) is 0 Å². The van der Waals surface area contributed by atoms with Crippen molar-refractivity contribution in [1.82, 2.24) is 0 Å². The molecule has 0 radical (unpaired) electrons. The van der Waals surface area contributed by atoms with Gasteiger partial charge in [0.05, 0.1) is 0 Å². The highest BCUT2D eigenvalue weighted by molar-refractivity contribution is 5.77. The zero-order chi connectivity index (χ0) is 20.5. The Balaban J connectivity index is 1.92. The van der Waals surface area contributed by atoms with Crippen molar-refractivity contribution in [3.05, 3.63) is 133 Å². The third-order valence-corrected chi connectivity index (χ3v) is 4.60. The Morgan fingerprint density at radius 1 is 0.759 bits per heavy atom. The van der Waals surface area contributed by atoms with E-state index in [4.69, 9.17) is 0 Å².